The van der Waals surface area contributed by atoms with E-state index >= 15 is 0 Å². The van der Waals surface area contributed by atoms with Crippen molar-refractivity contribution in [2.24, 2.45) is 0 Å². The van der Waals surface area contributed by atoms with Gasteiger partial charge in [0.25, 0.3) is 0 Å². The van der Waals surface area contributed by atoms with Crippen molar-refractivity contribution in [2.45, 2.75) is 58.9 Å². The summed E-state index contributed by atoms with van der Waals surface area (Å²) in [5.74, 6) is 0.341. The zero-order valence-corrected chi connectivity index (χ0v) is 13.1. The molecule has 0 bridgehead atoms. The maximum atomic E-state index is 11.2. The Morgan fingerprint density at radius 3 is 2.50 bits per heavy atom. The van der Waals surface area contributed by atoms with Crippen LogP contribution in [0.2, 0.25) is 0 Å². The molecule has 0 aromatic carbocycles. The molecule has 1 aromatic rings. The van der Waals surface area contributed by atoms with Crippen LogP contribution in [0.3, 0.4) is 0 Å². The molecular formula is C14H24N2OS. The van der Waals surface area contributed by atoms with Crippen LogP contribution in [0.25, 0.3) is 0 Å². The van der Waals surface area contributed by atoms with Crippen LogP contribution in [0, 0.1) is 0 Å². The highest BCUT2D eigenvalue weighted by molar-refractivity contribution is 7.17. The van der Waals surface area contributed by atoms with E-state index in [0.29, 0.717) is 5.92 Å². The molecule has 1 atom stereocenters. The van der Waals surface area contributed by atoms with Crippen molar-refractivity contribution in [1.82, 2.24) is 4.98 Å². The number of nitrogens with zero attached hydrogens (tertiary/aromatic N) is 2. The van der Waals surface area contributed by atoms with Crippen LogP contribution < -0.4 is 4.90 Å². The van der Waals surface area contributed by atoms with Crippen molar-refractivity contribution >= 4 is 22.8 Å². The average molecular weight is 268 g/mol. The van der Waals surface area contributed by atoms with Gasteiger partial charge in [0.2, 0.25) is 0 Å². The zero-order valence-electron chi connectivity index (χ0n) is 12.3. The Kier molecular flexibility index (Phi) is 4.91. The first-order valence-corrected chi connectivity index (χ1v) is 7.38. The van der Waals surface area contributed by atoms with Crippen molar-refractivity contribution in [3.8, 4) is 0 Å². The fourth-order valence-corrected chi connectivity index (χ4v) is 2.73. The van der Waals surface area contributed by atoms with Crippen LogP contribution in [-0.4, -0.2) is 23.9 Å². The van der Waals surface area contributed by atoms with Crippen LogP contribution in [0.4, 0.5) is 5.13 Å². The number of aromatic nitrogens is 1. The van der Waals surface area contributed by atoms with E-state index in [1.165, 1.54) is 11.3 Å². The summed E-state index contributed by atoms with van der Waals surface area (Å²) >= 11 is 1.50. The number of anilines is 1. The monoisotopic (exact) mass is 268 g/mol. The molecule has 0 aliphatic rings. The van der Waals surface area contributed by atoms with Gasteiger partial charge in [0.1, 0.15) is 0 Å². The summed E-state index contributed by atoms with van der Waals surface area (Å²) in [6.07, 6.45) is 2.98. The Balaban J connectivity index is 3.12. The van der Waals surface area contributed by atoms with Crippen molar-refractivity contribution in [2.75, 3.05) is 11.9 Å². The third-order valence-electron chi connectivity index (χ3n) is 3.92. The van der Waals surface area contributed by atoms with Crippen molar-refractivity contribution in [1.29, 1.82) is 0 Å². The van der Waals surface area contributed by atoms with E-state index in [2.05, 4.69) is 51.6 Å². The molecule has 0 N–H and O–H groups in total. The van der Waals surface area contributed by atoms with Gasteiger partial charge in [-0.05, 0) is 32.6 Å². The van der Waals surface area contributed by atoms with E-state index in [-0.39, 0.29) is 5.54 Å². The fraction of sp³-hybridized carbons (Fsp3) is 0.714. The molecule has 0 spiro atoms. The van der Waals surface area contributed by atoms with E-state index in [4.69, 9.17) is 0 Å². The minimum absolute atomic E-state index is 0.0602. The number of carbonyl (C=O) groups excluding carboxylic acids is 1. The summed E-state index contributed by atoms with van der Waals surface area (Å²) < 4.78 is 0. The summed E-state index contributed by atoms with van der Waals surface area (Å²) in [5, 5.41) is 0.944. The smallest absolute Gasteiger partial charge is 0.186 e. The number of aldehydes is 1. The Bertz CT molecular complexity index is 412. The average Bonchev–Trinajstić information content (AvgIpc) is 2.80. The summed E-state index contributed by atoms with van der Waals surface area (Å²) in [5.41, 5.74) is 1.01. The Hall–Kier alpha value is -0.900. The van der Waals surface area contributed by atoms with Gasteiger partial charge in [-0.3, -0.25) is 4.79 Å². The first-order valence-electron chi connectivity index (χ1n) is 6.57. The normalized spacial score (nSPS) is 13.4. The highest BCUT2D eigenvalue weighted by Gasteiger charge is 2.26. The number of carbonyl (C=O) groups is 1. The van der Waals surface area contributed by atoms with Crippen molar-refractivity contribution in [3.05, 3.63) is 10.6 Å². The predicted molar refractivity (Wildman–Crippen MR) is 79.0 cm³/mol. The lowest BCUT2D eigenvalue weighted by atomic mass is 10.0. The number of hydrogen-bond acceptors (Lipinski definition) is 4. The lowest BCUT2D eigenvalue weighted by Gasteiger charge is -2.34. The predicted octanol–water partition coefficient (Wildman–Crippen LogP) is 4.09. The van der Waals surface area contributed by atoms with Gasteiger partial charge in [-0.15, -0.1) is 0 Å². The molecule has 0 saturated heterocycles. The molecule has 1 heterocycles. The topological polar surface area (TPSA) is 33.2 Å². The van der Waals surface area contributed by atoms with Crippen LogP contribution in [-0.2, 0) is 0 Å². The Morgan fingerprint density at radius 1 is 1.44 bits per heavy atom. The van der Waals surface area contributed by atoms with Crippen LogP contribution in [0.5, 0.6) is 0 Å². The molecule has 1 aromatic heterocycles. The van der Waals surface area contributed by atoms with Gasteiger partial charge in [-0.1, -0.05) is 32.1 Å². The van der Waals surface area contributed by atoms with Crippen LogP contribution in [0.15, 0.2) is 0 Å². The lowest BCUT2D eigenvalue weighted by molar-refractivity contribution is 0.112. The Labute approximate surface area is 114 Å². The molecule has 0 amide bonds. The van der Waals surface area contributed by atoms with Gasteiger partial charge in [-0.25, -0.2) is 4.98 Å². The highest BCUT2D eigenvalue weighted by atomic mass is 32.1. The van der Waals surface area contributed by atoms with Crippen molar-refractivity contribution in [3.63, 3.8) is 0 Å². The Morgan fingerprint density at radius 2 is 2.06 bits per heavy atom. The van der Waals surface area contributed by atoms with Gasteiger partial charge in [0, 0.05) is 12.6 Å². The molecule has 3 nitrogen and oxygen atoms in total. The zero-order chi connectivity index (χ0) is 13.9. The molecule has 0 radical (unpaired) electrons. The maximum absolute atomic E-state index is 11.2. The number of rotatable bonds is 6. The third-order valence-corrected chi connectivity index (χ3v) is 4.99. The van der Waals surface area contributed by atoms with Gasteiger partial charge < -0.3 is 4.90 Å². The SMILES string of the molecule is CCC(C)c1nc(N(C)C(C)(C)CC)sc1C=O. The van der Waals surface area contributed by atoms with E-state index in [9.17, 15) is 4.79 Å². The van der Waals surface area contributed by atoms with Crippen LogP contribution >= 0.6 is 11.3 Å². The molecule has 0 fully saturated rings. The largest absolute Gasteiger partial charge is 0.346 e. The van der Waals surface area contributed by atoms with Crippen LogP contribution in [0.1, 0.15) is 68.7 Å². The molecule has 1 rings (SSSR count). The molecule has 0 saturated carbocycles. The molecule has 1 unspecified atom stereocenters. The standard InChI is InChI=1S/C14H24N2OS/c1-7-10(3)12-11(9-17)18-13(15-12)16(6)14(4,5)8-2/h9-10H,7-8H2,1-6H3. The highest BCUT2D eigenvalue weighted by Crippen LogP contribution is 2.34. The second kappa shape index (κ2) is 5.83. The van der Waals surface area contributed by atoms with Gasteiger partial charge >= 0.3 is 0 Å². The molecule has 0 aliphatic heterocycles. The minimum atomic E-state index is 0.0602. The lowest BCUT2D eigenvalue weighted by Crippen LogP contribution is -2.40. The molecule has 0 aliphatic carbocycles. The van der Waals surface area contributed by atoms with E-state index in [1.54, 1.807) is 0 Å². The number of thiazole rings is 1. The van der Waals surface area contributed by atoms with E-state index < -0.39 is 0 Å². The third kappa shape index (κ3) is 2.91. The first-order chi connectivity index (χ1) is 8.37. The summed E-state index contributed by atoms with van der Waals surface area (Å²) in [6, 6.07) is 0. The summed E-state index contributed by atoms with van der Waals surface area (Å²) in [4.78, 5) is 18.8. The second-order valence-corrected chi connectivity index (χ2v) is 6.41. The molecule has 18 heavy (non-hydrogen) atoms. The van der Waals surface area contributed by atoms with Gasteiger partial charge in [0.15, 0.2) is 11.4 Å². The summed E-state index contributed by atoms with van der Waals surface area (Å²) in [6.45, 7) is 10.8. The molecule has 102 valence electrons. The quantitative estimate of drug-likeness (QED) is 0.728. The number of hydrogen-bond donors (Lipinski definition) is 0. The van der Waals surface area contributed by atoms with Crippen molar-refractivity contribution < 1.29 is 4.79 Å². The van der Waals surface area contributed by atoms with Gasteiger partial charge in [0.05, 0.1) is 10.6 Å². The minimum Gasteiger partial charge on any atom is -0.346 e. The summed E-state index contributed by atoms with van der Waals surface area (Å²) in [7, 11) is 2.05. The van der Waals surface area contributed by atoms with E-state index in [0.717, 1.165) is 34.8 Å². The molecular weight excluding hydrogens is 244 g/mol. The molecule has 4 heteroatoms. The van der Waals surface area contributed by atoms with E-state index in [1.807, 2.05) is 0 Å². The fourth-order valence-electron chi connectivity index (χ4n) is 1.60. The maximum Gasteiger partial charge on any atom is 0.186 e. The first kappa shape index (κ1) is 15.2. The van der Waals surface area contributed by atoms with Gasteiger partial charge in [-0.2, -0.15) is 0 Å². The second-order valence-electron chi connectivity index (χ2n) is 5.40.